The van der Waals surface area contributed by atoms with Crippen LogP contribution in [0.3, 0.4) is 0 Å². The number of oxime groups is 1. The van der Waals surface area contributed by atoms with E-state index in [-0.39, 0.29) is 49.4 Å². The largest absolute Gasteiger partial charge is 0.387 e. The lowest BCUT2D eigenvalue weighted by Crippen LogP contribution is -2.59. The van der Waals surface area contributed by atoms with Crippen LogP contribution in [0, 0.1) is 21.4 Å². The topological polar surface area (TPSA) is 189 Å². The van der Waals surface area contributed by atoms with Gasteiger partial charge in [-0.25, -0.2) is 0 Å². The monoisotopic (exact) mass is 694 g/mol. The van der Waals surface area contributed by atoms with Crippen LogP contribution in [-0.4, -0.2) is 81.3 Å². The van der Waals surface area contributed by atoms with Gasteiger partial charge in [0.15, 0.2) is 5.60 Å². The lowest BCUT2D eigenvalue weighted by molar-refractivity contribution is -0.384. The summed E-state index contributed by atoms with van der Waals surface area (Å²) in [5.74, 6) is -2.53. The van der Waals surface area contributed by atoms with Crippen LogP contribution in [-0.2, 0) is 28.8 Å². The molecule has 2 aliphatic carbocycles. The quantitative estimate of drug-likeness (QED) is 0.158. The Kier molecular flexibility index (Phi) is 11.3. The highest BCUT2D eigenvalue weighted by molar-refractivity contribution is 6.38. The summed E-state index contributed by atoms with van der Waals surface area (Å²) in [6.45, 7) is 7.34. The first-order valence-corrected chi connectivity index (χ1v) is 17.9. The lowest BCUT2D eigenvalue weighted by Gasteiger charge is -2.36. The van der Waals surface area contributed by atoms with Crippen molar-refractivity contribution in [3.05, 3.63) is 39.9 Å². The summed E-state index contributed by atoms with van der Waals surface area (Å²) < 4.78 is 0. The van der Waals surface area contributed by atoms with Gasteiger partial charge in [-0.05, 0) is 43.4 Å². The number of benzene rings is 1. The Morgan fingerprint density at radius 1 is 1.08 bits per heavy atom. The summed E-state index contributed by atoms with van der Waals surface area (Å²) in [4.78, 5) is 86.2. The predicted octanol–water partition coefficient (Wildman–Crippen LogP) is 3.69. The molecule has 0 aromatic heterocycles. The van der Waals surface area contributed by atoms with Crippen LogP contribution >= 0.6 is 0 Å². The number of carbonyl (C=O) groups is 5. The van der Waals surface area contributed by atoms with Gasteiger partial charge in [0.25, 0.3) is 11.6 Å². The number of nitrogens with one attached hydrogen (secondary N) is 3. The van der Waals surface area contributed by atoms with E-state index in [9.17, 15) is 34.1 Å². The van der Waals surface area contributed by atoms with Gasteiger partial charge < -0.3 is 25.7 Å². The first kappa shape index (κ1) is 36.9. The standard InChI is InChI=1S/C36H50N6O8/c1-5-10-26(30(44)33(46)37-24-15-16-24)38-32(45)28-20-36(19-27(40-50-36)23-13-9-14-25(18-23)42(48)49)21-41(28)34(47)31(35(2,3)4)39-29(43)17-22-11-7-6-8-12-22/h9,13-14,18,22,24,26,28,31H,5-8,10-12,15-17,19-21H2,1-4H3,(H,37,46)(H,38,45)(H,39,43)/t26-,28-,31+,36?/m0/s1. The second-order valence-electron chi connectivity index (χ2n) is 15.5. The molecule has 5 rings (SSSR count). The number of rotatable bonds is 13. The lowest BCUT2D eigenvalue weighted by atomic mass is 9.84. The number of hydrogen-bond acceptors (Lipinski definition) is 9. The third kappa shape index (κ3) is 8.86. The van der Waals surface area contributed by atoms with Gasteiger partial charge in [0.05, 0.1) is 23.2 Å². The average Bonchev–Trinajstić information content (AvgIpc) is 3.67. The maximum atomic E-state index is 14.6. The Balaban J connectivity index is 1.39. The molecule has 2 saturated carbocycles. The Hall–Kier alpha value is -4.36. The summed E-state index contributed by atoms with van der Waals surface area (Å²) >= 11 is 0. The number of carbonyl (C=O) groups excluding carboxylic acids is 5. The molecule has 4 aliphatic rings. The smallest absolute Gasteiger partial charge is 0.289 e. The highest BCUT2D eigenvalue weighted by Crippen LogP contribution is 2.40. The van der Waals surface area contributed by atoms with E-state index >= 15 is 0 Å². The Morgan fingerprint density at radius 2 is 1.80 bits per heavy atom. The first-order chi connectivity index (χ1) is 23.7. The first-order valence-electron chi connectivity index (χ1n) is 17.9. The summed E-state index contributed by atoms with van der Waals surface area (Å²) in [6, 6.07) is 2.80. The number of amides is 4. The van der Waals surface area contributed by atoms with Crippen LogP contribution < -0.4 is 16.0 Å². The Morgan fingerprint density at radius 3 is 2.44 bits per heavy atom. The van der Waals surface area contributed by atoms with Crippen LogP contribution in [0.15, 0.2) is 29.4 Å². The molecule has 14 nitrogen and oxygen atoms in total. The summed E-state index contributed by atoms with van der Waals surface area (Å²) in [5, 5.41) is 24.1. The molecule has 1 unspecified atom stereocenters. The SMILES string of the molecule is CCC[C@H](NC(=O)[C@@H]1CC2(CC(c3cccc([N+](=O)[O-])c3)=NO2)CN1C(=O)[C@@H](NC(=O)CC1CCCCC1)C(C)(C)C)C(=O)C(=O)NC1CC1. The van der Waals surface area contributed by atoms with Crippen molar-refractivity contribution in [1.29, 1.82) is 0 Å². The molecule has 4 amide bonds. The third-order valence-electron chi connectivity index (χ3n) is 10.2. The van der Waals surface area contributed by atoms with Crippen LogP contribution in [0.5, 0.6) is 0 Å². The maximum absolute atomic E-state index is 14.6. The predicted molar refractivity (Wildman–Crippen MR) is 184 cm³/mol. The molecule has 1 aromatic rings. The van der Waals surface area contributed by atoms with Gasteiger partial charge in [0.1, 0.15) is 12.1 Å². The minimum Gasteiger partial charge on any atom is -0.387 e. The fraction of sp³-hybridized carbons (Fsp3) is 0.667. The molecule has 1 spiro atoms. The van der Waals surface area contributed by atoms with Gasteiger partial charge in [0.2, 0.25) is 23.5 Å². The van der Waals surface area contributed by atoms with E-state index < -0.39 is 57.6 Å². The molecule has 272 valence electrons. The number of nitro benzene ring substituents is 1. The van der Waals surface area contributed by atoms with Crippen LogP contribution in [0.25, 0.3) is 0 Å². The maximum Gasteiger partial charge on any atom is 0.289 e. The zero-order valence-electron chi connectivity index (χ0n) is 29.5. The van der Waals surface area contributed by atoms with Crippen molar-refractivity contribution in [2.45, 2.75) is 135 Å². The molecule has 14 heteroatoms. The fourth-order valence-corrected chi connectivity index (χ4v) is 7.24. The third-order valence-corrected chi connectivity index (χ3v) is 10.2. The van der Waals surface area contributed by atoms with E-state index in [1.165, 1.54) is 17.0 Å². The molecule has 2 aliphatic heterocycles. The van der Waals surface area contributed by atoms with Crippen molar-refractivity contribution < 1.29 is 33.7 Å². The van der Waals surface area contributed by atoms with E-state index in [2.05, 4.69) is 21.1 Å². The van der Waals surface area contributed by atoms with Crippen molar-refractivity contribution in [3.8, 4) is 0 Å². The average molecular weight is 695 g/mol. The fourth-order valence-electron chi connectivity index (χ4n) is 7.24. The number of ketones is 1. The summed E-state index contributed by atoms with van der Waals surface area (Å²) in [7, 11) is 0. The van der Waals surface area contributed by atoms with Crippen molar-refractivity contribution in [1.82, 2.24) is 20.9 Å². The molecular weight excluding hydrogens is 644 g/mol. The van der Waals surface area contributed by atoms with Crippen LogP contribution in [0.2, 0.25) is 0 Å². The zero-order chi connectivity index (χ0) is 36.2. The number of non-ortho nitro benzene ring substituents is 1. The van der Waals surface area contributed by atoms with Gasteiger partial charge >= 0.3 is 0 Å². The van der Waals surface area contributed by atoms with Gasteiger partial charge in [-0.15, -0.1) is 0 Å². The molecule has 3 fully saturated rings. The van der Waals surface area contributed by atoms with Crippen LogP contribution in [0.1, 0.15) is 110 Å². The van der Waals surface area contributed by atoms with Gasteiger partial charge in [-0.1, -0.05) is 70.7 Å². The minimum atomic E-state index is -1.14. The Labute approximate surface area is 292 Å². The van der Waals surface area contributed by atoms with Crippen molar-refractivity contribution >= 4 is 40.8 Å². The van der Waals surface area contributed by atoms with Crippen LogP contribution in [0.4, 0.5) is 5.69 Å². The molecule has 3 N–H and O–H groups in total. The molecule has 50 heavy (non-hydrogen) atoms. The minimum absolute atomic E-state index is 0.0146. The number of nitrogens with zero attached hydrogens (tertiary/aromatic N) is 3. The van der Waals surface area contributed by atoms with Gasteiger partial charge in [-0.2, -0.15) is 0 Å². The molecule has 1 aromatic carbocycles. The van der Waals surface area contributed by atoms with E-state index in [1.54, 1.807) is 12.1 Å². The van der Waals surface area contributed by atoms with E-state index in [1.807, 2.05) is 27.7 Å². The van der Waals surface area contributed by atoms with E-state index in [0.717, 1.165) is 44.9 Å². The highest BCUT2D eigenvalue weighted by atomic mass is 16.7. The number of hydrogen-bond donors (Lipinski definition) is 3. The highest BCUT2D eigenvalue weighted by Gasteiger charge is 2.55. The normalized spacial score (nSPS) is 23.4. The van der Waals surface area contributed by atoms with E-state index in [4.69, 9.17) is 4.84 Å². The molecular formula is C36H50N6O8. The molecule has 0 bridgehead atoms. The number of Topliss-reactive ketones (excluding diaryl/α,β-unsaturated/α-hetero) is 1. The number of nitro groups is 1. The molecule has 0 radical (unpaired) electrons. The summed E-state index contributed by atoms with van der Waals surface area (Å²) in [5.41, 5.74) is -1.05. The van der Waals surface area contributed by atoms with Gasteiger partial charge in [0, 0.05) is 43.0 Å². The number of likely N-dealkylation sites (tertiary alicyclic amines) is 1. The summed E-state index contributed by atoms with van der Waals surface area (Å²) in [6.07, 6.45) is 8.12. The molecule has 2 heterocycles. The van der Waals surface area contributed by atoms with Crippen molar-refractivity contribution in [2.75, 3.05) is 6.54 Å². The molecule has 1 saturated heterocycles. The van der Waals surface area contributed by atoms with Gasteiger partial charge in [-0.3, -0.25) is 34.1 Å². The van der Waals surface area contributed by atoms with Crippen molar-refractivity contribution in [3.63, 3.8) is 0 Å². The van der Waals surface area contributed by atoms with Crippen molar-refractivity contribution in [2.24, 2.45) is 16.5 Å². The van der Waals surface area contributed by atoms with E-state index in [0.29, 0.717) is 24.1 Å². The second-order valence-corrected chi connectivity index (χ2v) is 15.5. The second kappa shape index (κ2) is 15.3. The zero-order valence-corrected chi connectivity index (χ0v) is 29.5. The Bertz CT molecular complexity index is 1530. The molecule has 4 atom stereocenters.